The van der Waals surface area contributed by atoms with Gasteiger partial charge in [0.05, 0.1) is 0 Å². The molecule has 0 radical (unpaired) electrons. The van der Waals surface area contributed by atoms with Crippen molar-refractivity contribution in [3.05, 3.63) is 65.0 Å². The minimum Gasteiger partial charge on any atom is -0.367 e. The predicted octanol–water partition coefficient (Wildman–Crippen LogP) is 3.14. The van der Waals surface area contributed by atoms with Gasteiger partial charge in [-0.1, -0.05) is 24.3 Å². The third kappa shape index (κ3) is 2.61. The summed E-state index contributed by atoms with van der Waals surface area (Å²) in [5, 5.41) is 3.48. The van der Waals surface area contributed by atoms with E-state index in [-0.39, 0.29) is 5.82 Å². The van der Waals surface area contributed by atoms with Crippen LogP contribution in [0, 0.1) is 5.82 Å². The van der Waals surface area contributed by atoms with E-state index in [0.717, 1.165) is 38.0 Å². The fourth-order valence-corrected chi connectivity index (χ4v) is 3.76. The number of hydrogen-bond donors (Lipinski definition) is 1. The fraction of sp³-hybridized carbons (Fsp3) is 0.368. The van der Waals surface area contributed by atoms with E-state index in [1.165, 1.54) is 29.3 Å². The number of benzene rings is 2. The molecule has 0 saturated carbocycles. The second kappa shape index (κ2) is 5.73. The highest BCUT2D eigenvalue weighted by Crippen LogP contribution is 2.35. The topological polar surface area (TPSA) is 15.3 Å². The maximum atomic E-state index is 13.3. The zero-order valence-corrected chi connectivity index (χ0v) is 12.7. The van der Waals surface area contributed by atoms with Gasteiger partial charge >= 0.3 is 0 Å². The lowest BCUT2D eigenvalue weighted by atomic mass is 10.0. The number of anilines is 1. The Bertz CT molecular complexity index is 683. The van der Waals surface area contributed by atoms with Crippen molar-refractivity contribution in [1.82, 2.24) is 5.32 Å². The van der Waals surface area contributed by atoms with Crippen LogP contribution in [0.3, 0.4) is 0 Å². The van der Waals surface area contributed by atoms with Gasteiger partial charge in [0.25, 0.3) is 0 Å². The van der Waals surface area contributed by atoms with Crippen LogP contribution in [0.15, 0.2) is 42.5 Å². The molecule has 114 valence electrons. The molecule has 2 heterocycles. The Morgan fingerprint density at radius 1 is 1.09 bits per heavy atom. The summed E-state index contributed by atoms with van der Waals surface area (Å²) in [7, 11) is 0. The zero-order chi connectivity index (χ0) is 14.9. The Hall–Kier alpha value is -1.87. The highest BCUT2D eigenvalue weighted by molar-refractivity contribution is 5.61. The van der Waals surface area contributed by atoms with Crippen LogP contribution in [0.2, 0.25) is 0 Å². The fourth-order valence-electron chi connectivity index (χ4n) is 3.76. The van der Waals surface area contributed by atoms with E-state index in [1.807, 2.05) is 6.07 Å². The van der Waals surface area contributed by atoms with Crippen molar-refractivity contribution in [2.45, 2.75) is 25.3 Å². The first-order valence-corrected chi connectivity index (χ1v) is 8.13. The van der Waals surface area contributed by atoms with Gasteiger partial charge in [0.15, 0.2) is 0 Å². The quantitative estimate of drug-likeness (QED) is 0.916. The van der Waals surface area contributed by atoms with Crippen LogP contribution in [0.1, 0.15) is 23.1 Å². The Morgan fingerprint density at radius 2 is 2.00 bits per heavy atom. The van der Waals surface area contributed by atoms with Gasteiger partial charge in [-0.3, -0.25) is 0 Å². The van der Waals surface area contributed by atoms with Crippen molar-refractivity contribution in [3.63, 3.8) is 0 Å². The first kappa shape index (κ1) is 13.8. The molecule has 22 heavy (non-hydrogen) atoms. The average Bonchev–Trinajstić information content (AvgIpc) is 2.69. The van der Waals surface area contributed by atoms with Crippen LogP contribution in [0.25, 0.3) is 0 Å². The Morgan fingerprint density at radius 3 is 2.91 bits per heavy atom. The summed E-state index contributed by atoms with van der Waals surface area (Å²) in [6.45, 7) is 3.26. The number of halogens is 1. The Labute approximate surface area is 131 Å². The van der Waals surface area contributed by atoms with Crippen LogP contribution in [-0.2, 0) is 12.8 Å². The smallest absolute Gasteiger partial charge is 0.123 e. The van der Waals surface area contributed by atoms with Gasteiger partial charge in [0.2, 0.25) is 0 Å². The lowest BCUT2D eigenvalue weighted by Gasteiger charge is -2.24. The Balaban J connectivity index is 1.61. The number of rotatable bonds is 2. The molecule has 0 aromatic heterocycles. The van der Waals surface area contributed by atoms with Crippen LogP contribution in [0.5, 0.6) is 0 Å². The first-order chi connectivity index (χ1) is 10.8. The van der Waals surface area contributed by atoms with Gasteiger partial charge < -0.3 is 10.2 Å². The summed E-state index contributed by atoms with van der Waals surface area (Å²) in [4.78, 5) is 2.56. The number of fused-ring (bicyclic) bond motifs is 3. The van der Waals surface area contributed by atoms with E-state index >= 15 is 0 Å². The van der Waals surface area contributed by atoms with Crippen molar-refractivity contribution < 1.29 is 4.39 Å². The molecular weight excluding hydrogens is 275 g/mol. The number of nitrogens with zero attached hydrogens (tertiary/aromatic N) is 1. The SMILES string of the molecule is Fc1cccc(Cc2ccc3c(c2)N2CCNCCC2C3)c1. The molecule has 1 fully saturated rings. The third-order valence-corrected chi connectivity index (χ3v) is 4.84. The molecule has 3 heteroatoms. The molecule has 1 N–H and O–H groups in total. The molecule has 2 aromatic carbocycles. The molecular formula is C19H21FN2. The maximum Gasteiger partial charge on any atom is 0.123 e. The second-order valence-electron chi connectivity index (χ2n) is 6.36. The van der Waals surface area contributed by atoms with Crippen molar-refractivity contribution in [3.8, 4) is 0 Å². The zero-order valence-electron chi connectivity index (χ0n) is 12.7. The van der Waals surface area contributed by atoms with E-state index in [2.05, 4.69) is 28.4 Å². The van der Waals surface area contributed by atoms with Gasteiger partial charge in [-0.15, -0.1) is 0 Å². The minimum absolute atomic E-state index is 0.155. The second-order valence-corrected chi connectivity index (χ2v) is 6.36. The molecule has 2 nitrogen and oxygen atoms in total. The molecule has 1 atom stereocenters. The molecule has 0 bridgehead atoms. The monoisotopic (exact) mass is 296 g/mol. The lowest BCUT2D eigenvalue weighted by molar-refractivity contribution is 0.612. The maximum absolute atomic E-state index is 13.3. The summed E-state index contributed by atoms with van der Waals surface area (Å²) < 4.78 is 13.3. The van der Waals surface area contributed by atoms with E-state index in [4.69, 9.17) is 0 Å². The van der Waals surface area contributed by atoms with E-state index < -0.39 is 0 Å². The summed E-state index contributed by atoms with van der Waals surface area (Å²) in [5.74, 6) is -0.155. The van der Waals surface area contributed by atoms with Crippen molar-refractivity contribution in [2.75, 3.05) is 24.5 Å². The summed E-state index contributed by atoms with van der Waals surface area (Å²) in [5.41, 5.74) is 5.16. The molecule has 1 unspecified atom stereocenters. The normalized spacial score (nSPS) is 20.4. The van der Waals surface area contributed by atoms with Gasteiger partial charge in [0, 0.05) is 24.8 Å². The van der Waals surface area contributed by atoms with Gasteiger partial charge in [0.1, 0.15) is 5.82 Å². The predicted molar refractivity (Wildman–Crippen MR) is 88.0 cm³/mol. The number of nitrogens with one attached hydrogen (secondary N) is 1. The lowest BCUT2D eigenvalue weighted by Crippen LogP contribution is -2.32. The molecule has 4 rings (SSSR count). The summed E-state index contributed by atoms with van der Waals surface area (Å²) in [6.07, 6.45) is 3.17. The van der Waals surface area contributed by atoms with Crippen LogP contribution >= 0.6 is 0 Å². The summed E-state index contributed by atoms with van der Waals surface area (Å²) >= 11 is 0. The van der Waals surface area contributed by atoms with Gasteiger partial charge in [-0.25, -0.2) is 4.39 Å². The molecule has 0 amide bonds. The van der Waals surface area contributed by atoms with Gasteiger partial charge in [-0.05, 0) is 60.7 Å². The van der Waals surface area contributed by atoms with Crippen LogP contribution in [0.4, 0.5) is 10.1 Å². The van der Waals surface area contributed by atoms with E-state index in [0.29, 0.717) is 6.04 Å². The minimum atomic E-state index is -0.155. The van der Waals surface area contributed by atoms with Crippen LogP contribution in [-0.4, -0.2) is 25.7 Å². The summed E-state index contributed by atoms with van der Waals surface area (Å²) in [6, 6.07) is 14.3. The highest BCUT2D eigenvalue weighted by Gasteiger charge is 2.29. The van der Waals surface area contributed by atoms with E-state index in [1.54, 1.807) is 12.1 Å². The van der Waals surface area contributed by atoms with Crippen LogP contribution < -0.4 is 10.2 Å². The first-order valence-electron chi connectivity index (χ1n) is 8.13. The molecule has 1 saturated heterocycles. The molecule has 2 aliphatic heterocycles. The third-order valence-electron chi connectivity index (χ3n) is 4.84. The largest absolute Gasteiger partial charge is 0.367 e. The van der Waals surface area contributed by atoms with E-state index in [9.17, 15) is 4.39 Å². The standard InChI is InChI=1S/C19H21FN2/c20-17-3-1-2-14(11-17)10-15-4-5-16-13-18-6-7-21-8-9-22(18)19(16)12-15/h1-5,11-12,18,21H,6-10,13H2. The number of hydrogen-bond acceptors (Lipinski definition) is 2. The Kier molecular flexibility index (Phi) is 3.59. The molecule has 2 aliphatic rings. The van der Waals surface area contributed by atoms with Crippen molar-refractivity contribution in [1.29, 1.82) is 0 Å². The molecule has 0 spiro atoms. The van der Waals surface area contributed by atoms with Gasteiger partial charge in [-0.2, -0.15) is 0 Å². The molecule has 2 aromatic rings. The average molecular weight is 296 g/mol. The molecule has 0 aliphatic carbocycles. The van der Waals surface area contributed by atoms with Crippen molar-refractivity contribution >= 4 is 5.69 Å². The highest BCUT2D eigenvalue weighted by atomic mass is 19.1. The van der Waals surface area contributed by atoms with Crippen molar-refractivity contribution in [2.24, 2.45) is 0 Å².